The van der Waals surface area contributed by atoms with Crippen molar-refractivity contribution in [1.29, 1.82) is 0 Å². The molecular weight excluding hydrogens is 284 g/mol. The smallest absolute Gasteiger partial charge is 0.340 e. The van der Waals surface area contributed by atoms with E-state index in [9.17, 15) is 4.79 Å². The molecule has 0 fully saturated rings. The Morgan fingerprint density at radius 2 is 2.05 bits per heavy atom. The summed E-state index contributed by atoms with van der Waals surface area (Å²) in [5, 5.41) is 0.615. The van der Waals surface area contributed by atoms with Crippen molar-refractivity contribution in [1.82, 2.24) is 4.98 Å². The van der Waals surface area contributed by atoms with Gasteiger partial charge in [-0.2, -0.15) is 0 Å². The van der Waals surface area contributed by atoms with Gasteiger partial charge < -0.3 is 10.5 Å². The monoisotopic (exact) mass is 302 g/mol. The molecule has 0 aliphatic carbocycles. The molecule has 4 nitrogen and oxygen atoms in total. The number of rotatable bonds is 4. The lowest BCUT2D eigenvalue weighted by atomic mass is 10.1. The van der Waals surface area contributed by atoms with Crippen LogP contribution < -0.4 is 5.73 Å². The Hall–Kier alpha value is -2.01. The lowest BCUT2D eigenvalue weighted by molar-refractivity contribution is 0.0527. The Balaban J connectivity index is 2.30. The minimum Gasteiger partial charge on any atom is -0.462 e. The van der Waals surface area contributed by atoms with Gasteiger partial charge in [-0.1, -0.05) is 17.8 Å². The van der Waals surface area contributed by atoms with Crippen molar-refractivity contribution in [2.24, 2.45) is 0 Å². The fourth-order valence-corrected chi connectivity index (χ4v) is 2.74. The van der Waals surface area contributed by atoms with E-state index in [1.165, 1.54) is 22.9 Å². The summed E-state index contributed by atoms with van der Waals surface area (Å²) < 4.78 is 4.99. The van der Waals surface area contributed by atoms with Crippen molar-refractivity contribution in [3.63, 3.8) is 0 Å². The van der Waals surface area contributed by atoms with Gasteiger partial charge in [0.05, 0.1) is 17.9 Å². The van der Waals surface area contributed by atoms with Crippen LogP contribution in [0.5, 0.6) is 0 Å². The van der Waals surface area contributed by atoms with Gasteiger partial charge in [-0.15, -0.1) is 0 Å². The van der Waals surface area contributed by atoms with Gasteiger partial charge in [0, 0.05) is 11.1 Å². The maximum Gasteiger partial charge on any atom is 0.340 e. The van der Waals surface area contributed by atoms with Crippen LogP contribution >= 0.6 is 11.8 Å². The summed E-state index contributed by atoms with van der Waals surface area (Å²) in [7, 11) is 0. The normalized spacial score (nSPS) is 10.4. The molecule has 21 heavy (non-hydrogen) atoms. The zero-order valence-corrected chi connectivity index (χ0v) is 13.2. The number of ether oxygens (including phenoxy) is 1. The first-order chi connectivity index (χ1) is 10.0. The number of nitrogens with two attached hydrogens (primary N) is 1. The minimum absolute atomic E-state index is 0.320. The Morgan fingerprint density at radius 3 is 2.71 bits per heavy atom. The molecule has 0 amide bonds. The zero-order valence-electron chi connectivity index (χ0n) is 12.3. The van der Waals surface area contributed by atoms with Gasteiger partial charge in [-0.25, -0.2) is 9.78 Å². The van der Waals surface area contributed by atoms with Gasteiger partial charge in [0.15, 0.2) is 0 Å². The van der Waals surface area contributed by atoms with E-state index in [0.29, 0.717) is 22.9 Å². The molecule has 1 heterocycles. The lowest BCUT2D eigenvalue weighted by Gasteiger charge is -2.10. The summed E-state index contributed by atoms with van der Waals surface area (Å²) in [6, 6.07) is 7.74. The molecule has 1 aromatic heterocycles. The van der Waals surface area contributed by atoms with Crippen molar-refractivity contribution < 1.29 is 9.53 Å². The number of pyridine rings is 1. The average molecular weight is 302 g/mol. The molecule has 0 aliphatic rings. The van der Waals surface area contributed by atoms with Crippen molar-refractivity contribution in [3.8, 4) is 0 Å². The quantitative estimate of drug-likeness (QED) is 0.874. The topological polar surface area (TPSA) is 65.2 Å². The molecule has 1 aromatic carbocycles. The summed E-state index contributed by atoms with van der Waals surface area (Å²) in [6.45, 7) is 6.21. The second-order valence-corrected chi connectivity index (χ2v) is 5.71. The number of benzene rings is 1. The third-order valence-corrected chi connectivity index (χ3v) is 4.15. The number of hydrogen-bond donors (Lipinski definition) is 1. The van der Waals surface area contributed by atoms with E-state index in [1.54, 1.807) is 19.2 Å². The maximum atomic E-state index is 11.8. The number of carbonyl (C=O) groups is 1. The molecule has 5 heteroatoms. The van der Waals surface area contributed by atoms with E-state index in [1.807, 2.05) is 6.07 Å². The highest BCUT2D eigenvalue weighted by atomic mass is 32.2. The van der Waals surface area contributed by atoms with Crippen LogP contribution in [0.15, 0.2) is 40.4 Å². The largest absolute Gasteiger partial charge is 0.462 e. The first kappa shape index (κ1) is 15.4. The van der Waals surface area contributed by atoms with Gasteiger partial charge in [-0.3, -0.25) is 0 Å². The van der Waals surface area contributed by atoms with Crippen LogP contribution in [0, 0.1) is 13.8 Å². The minimum atomic E-state index is -0.417. The SMILES string of the molecule is CCOC(=O)c1ccnc(Sc2ccc(C)c(C)c2)c1N. The summed E-state index contributed by atoms with van der Waals surface area (Å²) in [6.07, 6.45) is 1.58. The first-order valence-corrected chi connectivity index (χ1v) is 7.51. The van der Waals surface area contributed by atoms with E-state index in [2.05, 4.69) is 31.0 Å². The Kier molecular flexibility index (Phi) is 4.85. The van der Waals surface area contributed by atoms with Crippen LogP contribution in [0.1, 0.15) is 28.4 Å². The summed E-state index contributed by atoms with van der Waals surface area (Å²) in [5.74, 6) is -0.417. The van der Waals surface area contributed by atoms with Crippen LogP contribution in [-0.2, 0) is 4.74 Å². The fourth-order valence-electron chi connectivity index (χ4n) is 1.81. The molecule has 2 N–H and O–H groups in total. The lowest BCUT2D eigenvalue weighted by Crippen LogP contribution is -2.09. The molecular formula is C16H18N2O2S. The third kappa shape index (κ3) is 3.55. The van der Waals surface area contributed by atoms with E-state index in [0.717, 1.165) is 4.90 Å². The first-order valence-electron chi connectivity index (χ1n) is 6.69. The van der Waals surface area contributed by atoms with Crippen LogP contribution in [0.3, 0.4) is 0 Å². The average Bonchev–Trinajstić information content (AvgIpc) is 2.45. The molecule has 2 rings (SSSR count). The second-order valence-electron chi connectivity index (χ2n) is 4.65. The van der Waals surface area contributed by atoms with Gasteiger partial charge in [-0.05, 0) is 50.1 Å². The molecule has 0 saturated carbocycles. The van der Waals surface area contributed by atoms with Crippen molar-refractivity contribution in [2.45, 2.75) is 30.7 Å². The Morgan fingerprint density at radius 1 is 1.29 bits per heavy atom. The van der Waals surface area contributed by atoms with Crippen LogP contribution in [-0.4, -0.2) is 17.6 Å². The molecule has 0 spiro atoms. The van der Waals surface area contributed by atoms with Crippen LogP contribution in [0.4, 0.5) is 5.69 Å². The van der Waals surface area contributed by atoms with E-state index >= 15 is 0 Å². The van der Waals surface area contributed by atoms with Crippen molar-refractivity contribution >= 4 is 23.4 Å². The number of hydrogen-bond acceptors (Lipinski definition) is 5. The predicted molar refractivity (Wildman–Crippen MR) is 84.6 cm³/mol. The number of aryl methyl sites for hydroxylation is 2. The maximum absolute atomic E-state index is 11.8. The second kappa shape index (κ2) is 6.63. The van der Waals surface area contributed by atoms with Crippen molar-refractivity contribution in [3.05, 3.63) is 47.2 Å². The number of aromatic nitrogens is 1. The summed E-state index contributed by atoms with van der Waals surface area (Å²) >= 11 is 1.44. The molecule has 0 aliphatic heterocycles. The highest BCUT2D eigenvalue weighted by molar-refractivity contribution is 7.99. The van der Waals surface area contributed by atoms with Gasteiger partial charge in [0.25, 0.3) is 0 Å². The molecule has 2 aromatic rings. The Bertz CT molecular complexity index is 671. The molecule has 0 bridgehead atoms. The highest BCUT2D eigenvalue weighted by Crippen LogP contribution is 2.33. The standard InChI is InChI=1S/C16H18N2O2S/c1-4-20-16(19)13-7-8-18-15(14(13)17)21-12-6-5-10(2)11(3)9-12/h5-9H,4,17H2,1-3H3. The van der Waals surface area contributed by atoms with Gasteiger partial charge >= 0.3 is 5.97 Å². The van der Waals surface area contributed by atoms with Gasteiger partial charge in [0.1, 0.15) is 5.03 Å². The van der Waals surface area contributed by atoms with E-state index in [-0.39, 0.29) is 0 Å². The zero-order chi connectivity index (χ0) is 15.4. The fraction of sp³-hybridized carbons (Fsp3) is 0.250. The Labute approximate surface area is 128 Å². The number of nitrogens with zero attached hydrogens (tertiary/aromatic N) is 1. The van der Waals surface area contributed by atoms with Crippen LogP contribution in [0.2, 0.25) is 0 Å². The third-order valence-electron chi connectivity index (χ3n) is 3.14. The number of carbonyl (C=O) groups excluding carboxylic acids is 1. The number of esters is 1. The van der Waals surface area contributed by atoms with E-state index < -0.39 is 5.97 Å². The summed E-state index contributed by atoms with van der Waals surface area (Å²) in [4.78, 5) is 17.1. The molecule has 0 atom stereocenters. The number of nitrogen functional groups attached to an aromatic ring is 1. The van der Waals surface area contributed by atoms with E-state index in [4.69, 9.17) is 10.5 Å². The van der Waals surface area contributed by atoms with Crippen molar-refractivity contribution in [2.75, 3.05) is 12.3 Å². The molecule has 0 unspecified atom stereocenters. The highest BCUT2D eigenvalue weighted by Gasteiger charge is 2.15. The molecule has 110 valence electrons. The number of anilines is 1. The predicted octanol–water partition coefficient (Wildman–Crippen LogP) is 3.61. The summed E-state index contributed by atoms with van der Waals surface area (Å²) in [5.41, 5.74) is 9.21. The molecule has 0 radical (unpaired) electrons. The van der Waals surface area contributed by atoms with Gasteiger partial charge in [0.2, 0.25) is 0 Å². The van der Waals surface area contributed by atoms with Crippen LogP contribution in [0.25, 0.3) is 0 Å². The molecule has 0 saturated heterocycles.